The van der Waals surface area contributed by atoms with Crippen molar-refractivity contribution in [1.82, 2.24) is 4.90 Å². The van der Waals surface area contributed by atoms with Crippen LogP contribution in [0.2, 0.25) is 0 Å². The van der Waals surface area contributed by atoms with E-state index in [0.717, 1.165) is 11.4 Å². The standard InChI is InChI=1S/C14H20N2O4/c1-19-12-4-2-11(3-5-12)15-14(18)9-16-6-7-20-13(8-16)10-17/h2-5,13,17H,6-10H2,1H3,(H,15,18). The van der Waals surface area contributed by atoms with Gasteiger partial charge in [-0.1, -0.05) is 0 Å². The molecule has 1 unspecified atom stereocenters. The number of aliphatic hydroxyl groups is 1. The van der Waals surface area contributed by atoms with Crippen LogP contribution in [0.4, 0.5) is 5.69 Å². The molecule has 1 fully saturated rings. The highest BCUT2D eigenvalue weighted by molar-refractivity contribution is 5.92. The first-order valence-electron chi connectivity index (χ1n) is 6.60. The number of benzene rings is 1. The minimum atomic E-state index is -0.197. The third-order valence-corrected chi connectivity index (χ3v) is 3.17. The molecule has 0 aromatic heterocycles. The molecule has 0 radical (unpaired) electrons. The highest BCUT2D eigenvalue weighted by Gasteiger charge is 2.21. The monoisotopic (exact) mass is 280 g/mol. The van der Waals surface area contributed by atoms with Gasteiger partial charge in [0.25, 0.3) is 0 Å². The van der Waals surface area contributed by atoms with Crippen molar-refractivity contribution in [1.29, 1.82) is 0 Å². The Bertz CT molecular complexity index is 435. The van der Waals surface area contributed by atoms with Gasteiger partial charge in [-0.05, 0) is 24.3 Å². The number of nitrogens with one attached hydrogen (secondary N) is 1. The minimum Gasteiger partial charge on any atom is -0.497 e. The number of hydrogen-bond acceptors (Lipinski definition) is 5. The summed E-state index contributed by atoms with van der Waals surface area (Å²) in [4.78, 5) is 13.9. The number of carbonyl (C=O) groups excluding carboxylic acids is 1. The molecule has 0 aliphatic carbocycles. The number of anilines is 1. The van der Waals surface area contributed by atoms with E-state index in [2.05, 4.69) is 5.32 Å². The van der Waals surface area contributed by atoms with Crippen molar-refractivity contribution in [3.63, 3.8) is 0 Å². The Morgan fingerprint density at radius 1 is 1.50 bits per heavy atom. The molecule has 6 nitrogen and oxygen atoms in total. The van der Waals surface area contributed by atoms with Crippen LogP contribution in [0.15, 0.2) is 24.3 Å². The summed E-state index contributed by atoms with van der Waals surface area (Å²) in [5, 5.41) is 11.9. The second-order valence-corrected chi connectivity index (χ2v) is 4.69. The smallest absolute Gasteiger partial charge is 0.238 e. The molecule has 1 aliphatic heterocycles. The molecule has 0 spiro atoms. The fraction of sp³-hybridized carbons (Fsp3) is 0.500. The molecule has 110 valence electrons. The molecule has 2 rings (SSSR count). The molecule has 1 heterocycles. The number of amides is 1. The molecule has 1 atom stereocenters. The van der Waals surface area contributed by atoms with Crippen LogP contribution in [0.5, 0.6) is 5.75 Å². The number of nitrogens with zero attached hydrogens (tertiary/aromatic N) is 1. The van der Waals surface area contributed by atoms with Crippen molar-refractivity contribution in [2.75, 3.05) is 45.3 Å². The summed E-state index contributed by atoms with van der Waals surface area (Å²) in [5.41, 5.74) is 0.739. The molecule has 1 aromatic rings. The van der Waals surface area contributed by atoms with E-state index in [4.69, 9.17) is 14.6 Å². The van der Waals surface area contributed by atoms with Crippen molar-refractivity contribution in [2.45, 2.75) is 6.10 Å². The molecule has 1 amide bonds. The van der Waals surface area contributed by atoms with Crippen LogP contribution in [0.25, 0.3) is 0 Å². The second kappa shape index (κ2) is 7.23. The first-order chi connectivity index (χ1) is 9.71. The van der Waals surface area contributed by atoms with Gasteiger partial charge in [-0.2, -0.15) is 0 Å². The van der Waals surface area contributed by atoms with Crippen LogP contribution < -0.4 is 10.1 Å². The molecule has 0 bridgehead atoms. The summed E-state index contributed by atoms with van der Waals surface area (Å²) in [7, 11) is 1.60. The van der Waals surface area contributed by atoms with Gasteiger partial charge in [0.15, 0.2) is 0 Å². The quantitative estimate of drug-likeness (QED) is 0.813. The molecule has 1 aliphatic rings. The molecule has 2 N–H and O–H groups in total. The van der Waals surface area contributed by atoms with Crippen LogP contribution in [0.1, 0.15) is 0 Å². The molecule has 1 saturated heterocycles. The van der Waals surface area contributed by atoms with Crippen molar-refractivity contribution in [3.05, 3.63) is 24.3 Å². The Hall–Kier alpha value is -1.63. The first kappa shape index (κ1) is 14.8. The number of morpholine rings is 1. The zero-order valence-corrected chi connectivity index (χ0v) is 11.5. The minimum absolute atomic E-state index is 0.0173. The number of ether oxygens (including phenoxy) is 2. The van der Waals surface area contributed by atoms with Crippen molar-refractivity contribution >= 4 is 11.6 Å². The van der Waals surface area contributed by atoms with E-state index in [1.54, 1.807) is 31.4 Å². The highest BCUT2D eigenvalue weighted by Crippen LogP contribution is 2.15. The van der Waals surface area contributed by atoms with Crippen LogP contribution in [-0.4, -0.2) is 62.0 Å². The number of carbonyl (C=O) groups is 1. The predicted molar refractivity (Wildman–Crippen MR) is 74.9 cm³/mol. The number of rotatable bonds is 5. The third-order valence-electron chi connectivity index (χ3n) is 3.17. The maximum Gasteiger partial charge on any atom is 0.238 e. The van der Waals surface area contributed by atoms with Gasteiger partial charge in [0.2, 0.25) is 5.91 Å². The van der Waals surface area contributed by atoms with Crippen LogP contribution >= 0.6 is 0 Å². The van der Waals surface area contributed by atoms with Crippen molar-refractivity contribution in [2.24, 2.45) is 0 Å². The number of hydrogen-bond donors (Lipinski definition) is 2. The summed E-state index contributed by atoms with van der Waals surface area (Å²) >= 11 is 0. The fourth-order valence-corrected chi connectivity index (χ4v) is 2.11. The average molecular weight is 280 g/mol. The molecule has 20 heavy (non-hydrogen) atoms. The Morgan fingerprint density at radius 3 is 2.90 bits per heavy atom. The maximum atomic E-state index is 11.9. The van der Waals surface area contributed by atoms with Gasteiger partial charge < -0.3 is 19.9 Å². The Kier molecular flexibility index (Phi) is 5.34. The lowest BCUT2D eigenvalue weighted by molar-refractivity contribution is -0.120. The lowest BCUT2D eigenvalue weighted by Crippen LogP contribution is -2.46. The topological polar surface area (TPSA) is 71.0 Å². The maximum absolute atomic E-state index is 11.9. The normalized spacial score (nSPS) is 19.6. The van der Waals surface area contributed by atoms with Gasteiger partial charge in [-0.25, -0.2) is 0 Å². The van der Waals surface area contributed by atoms with Crippen LogP contribution in [-0.2, 0) is 9.53 Å². The zero-order valence-electron chi connectivity index (χ0n) is 11.5. The van der Waals surface area contributed by atoms with E-state index in [1.807, 2.05) is 4.90 Å². The Balaban J connectivity index is 1.82. The zero-order chi connectivity index (χ0) is 14.4. The summed E-state index contributed by atoms with van der Waals surface area (Å²) < 4.78 is 10.4. The summed E-state index contributed by atoms with van der Waals surface area (Å²) in [5.74, 6) is 0.677. The van der Waals surface area contributed by atoms with E-state index in [9.17, 15) is 4.79 Å². The van der Waals surface area contributed by atoms with Crippen LogP contribution in [0.3, 0.4) is 0 Å². The van der Waals surface area contributed by atoms with Gasteiger partial charge in [-0.3, -0.25) is 9.69 Å². The third kappa shape index (κ3) is 4.19. The SMILES string of the molecule is COc1ccc(NC(=O)CN2CCOC(CO)C2)cc1. The Labute approximate surface area is 118 Å². The Morgan fingerprint density at radius 2 is 2.25 bits per heavy atom. The van der Waals surface area contributed by atoms with Gasteiger partial charge >= 0.3 is 0 Å². The second-order valence-electron chi connectivity index (χ2n) is 4.69. The lowest BCUT2D eigenvalue weighted by Gasteiger charge is -2.31. The predicted octanol–water partition coefficient (Wildman–Crippen LogP) is 0.327. The molecule has 0 saturated carbocycles. The van der Waals surface area contributed by atoms with Gasteiger partial charge in [0.05, 0.1) is 33.0 Å². The first-order valence-corrected chi connectivity index (χ1v) is 6.60. The van der Waals surface area contributed by atoms with E-state index in [0.29, 0.717) is 26.2 Å². The summed E-state index contributed by atoms with van der Waals surface area (Å²) in [6, 6.07) is 7.19. The van der Waals surface area contributed by atoms with Gasteiger partial charge in [-0.15, -0.1) is 0 Å². The van der Waals surface area contributed by atoms with Crippen molar-refractivity contribution < 1.29 is 19.4 Å². The number of methoxy groups -OCH3 is 1. The molecular weight excluding hydrogens is 260 g/mol. The molecule has 6 heteroatoms. The van der Waals surface area contributed by atoms with E-state index in [1.165, 1.54) is 0 Å². The van der Waals surface area contributed by atoms with E-state index < -0.39 is 0 Å². The lowest BCUT2D eigenvalue weighted by atomic mass is 10.2. The van der Waals surface area contributed by atoms with E-state index >= 15 is 0 Å². The van der Waals surface area contributed by atoms with Crippen LogP contribution in [0, 0.1) is 0 Å². The molecular formula is C14H20N2O4. The van der Waals surface area contributed by atoms with Crippen molar-refractivity contribution in [3.8, 4) is 5.75 Å². The van der Waals surface area contributed by atoms with Gasteiger partial charge in [0.1, 0.15) is 5.75 Å². The largest absolute Gasteiger partial charge is 0.497 e. The van der Waals surface area contributed by atoms with Gasteiger partial charge in [0, 0.05) is 18.8 Å². The average Bonchev–Trinajstić information content (AvgIpc) is 2.48. The molecule has 1 aromatic carbocycles. The fourth-order valence-electron chi connectivity index (χ4n) is 2.11. The summed E-state index contributed by atoms with van der Waals surface area (Å²) in [6.07, 6.45) is -0.197. The van der Waals surface area contributed by atoms with E-state index in [-0.39, 0.29) is 18.6 Å². The highest BCUT2D eigenvalue weighted by atomic mass is 16.5. The number of aliphatic hydroxyl groups excluding tert-OH is 1. The summed E-state index contributed by atoms with van der Waals surface area (Å²) in [6.45, 7) is 2.10.